The Morgan fingerprint density at radius 1 is 1.13 bits per heavy atom. The van der Waals surface area contributed by atoms with Crippen LogP contribution in [0, 0.1) is 12.8 Å². The Morgan fingerprint density at radius 2 is 1.83 bits per heavy atom. The van der Waals surface area contributed by atoms with Crippen LogP contribution in [0.3, 0.4) is 0 Å². The summed E-state index contributed by atoms with van der Waals surface area (Å²) >= 11 is 0. The Kier molecular flexibility index (Phi) is 6.85. The largest absolute Gasteiger partial charge is 0.493 e. The van der Waals surface area contributed by atoms with Gasteiger partial charge in [-0.15, -0.1) is 0 Å². The van der Waals surface area contributed by atoms with Crippen LogP contribution in [0.15, 0.2) is 59.0 Å². The van der Waals surface area contributed by atoms with E-state index in [-0.39, 0.29) is 6.42 Å². The molecule has 2 aromatic carbocycles. The molecule has 1 heterocycles. The molecule has 1 atom stereocenters. The van der Waals surface area contributed by atoms with Crippen LogP contribution in [-0.2, 0) is 22.4 Å². The van der Waals surface area contributed by atoms with Gasteiger partial charge in [-0.2, -0.15) is 0 Å². The SMILES string of the molecule is CNC(=O)C(Cc1ccc(OCCc2nc(-c3ccccc3)oc2C)cc1)C(=O)O. The fraction of sp³-hybridized carbons (Fsp3) is 0.261. The lowest BCUT2D eigenvalue weighted by Crippen LogP contribution is -2.34. The van der Waals surface area contributed by atoms with Gasteiger partial charge in [-0.1, -0.05) is 30.3 Å². The zero-order valence-electron chi connectivity index (χ0n) is 16.9. The first kappa shape index (κ1) is 21.1. The normalized spacial score (nSPS) is 11.7. The Morgan fingerprint density at radius 3 is 2.47 bits per heavy atom. The lowest BCUT2D eigenvalue weighted by Gasteiger charge is -2.11. The molecule has 2 N–H and O–H groups in total. The molecule has 3 rings (SSSR count). The monoisotopic (exact) mass is 408 g/mol. The van der Waals surface area contributed by atoms with E-state index < -0.39 is 17.8 Å². The number of carboxylic acids is 1. The highest BCUT2D eigenvalue weighted by molar-refractivity contribution is 5.97. The molecule has 1 aromatic heterocycles. The fourth-order valence-electron chi connectivity index (χ4n) is 3.05. The molecule has 7 heteroatoms. The third-order valence-corrected chi connectivity index (χ3v) is 4.75. The summed E-state index contributed by atoms with van der Waals surface area (Å²) in [5.74, 6) is -0.753. The van der Waals surface area contributed by atoms with E-state index in [2.05, 4.69) is 10.3 Å². The van der Waals surface area contributed by atoms with Crippen molar-refractivity contribution in [3.63, 3.8) is 0 Å². The van der Waals surface area contributed by atoms with Gasteiger partial charge in [0.2, 0.25) is 11.8 Å². The first-order chi connectivity index (χ1) is 14.5. The van der Waals surface area contributed by atoms with Gasteiger partial charge in [0.1, 0.15) is 17.4 Å². The minimum atomic E-state index is -1.15. The van der Waals surface area contributed by atoms with Crippen molar-refractivity contribution < 1.29 is 23.8 Å². The van der Waals surface area contributed by atoms with E-state index in [4.69, 9.17) is 9.15 Å². The number of benzene rings is 2. The van der Waals surface area contributed by atoms with E-state index in [0.29, 0.717) is 24.7 Å². The number of carbonyl (C=O) groups is 2. The molecule has 0 aliphatic heterocycles. The molecule has 1 unspecified atom stereocenters. The Labute approximate surface area is 174 Å². The third-order valence-electron chi connectivity index (χ3n) is 4.75. The van der Waals surface area contributed by atoms with Crippen LogP contribution in [0.1, 0.15) is 17.0 Å². The van der Waals surface area contributed by atoms with E-state index in [1.165, 1.54) is 7.05 Å². The number of aryl methyl sites for hydroxylation is 1. The molecule has 0 fully saturated rings. The summed E-state index contributed by atoms with van der Waals surface area (Å²) < 4.78 is 11.5. The van der Waals surface area contributed by atoms with Gasteiger partial charge in [0.05, 0.1) is 12.3 Å². The lowest BCUT2D eigenvalue weighted by molar-refractivity contribution is -0.146. The summed E-state index contributed by atoms with van der Waals surface area (Å²) in [7, 11) is 1.43. The second-order valence-electron chi connectivity index (χ2n) is 6.84. The van der Waals surface area contributed by atoms with Crippen molar-refractivity contribution in [2.24, 2.45) is 5.92 Å². The van der Waals surface area contributed by atoms with Gasteiger partial charge in [-0.3, -0.25) is 9.59 Å². The zero-order chi connectivity index (χ0) is 21.5. The average molecular weight is 408 g/mol. The number of aromatic nitrogens is 1. The van der Waals surface area contributed by atoms with Crippen molar-refractivity contribution >= 4 is 11.9 Å². The van der Waals surface area contributed by atoms with Gasteiger partial charge in [0.15, 0.2) is 0 Å². The van der Waals surface area contributed by atoms with Crippen molar-refractivity contribution in [2.75, 3.05) is 13.7 Å². The van der Waals surface area contributed by atoms with Gasteiger partial charge >= 0.3 is 5.97 Å². The standard InChI is InChI=1S/C23H24N2O5/c1-15-20(25-22(30-15)17-6-4-3-5-7-17)12-13-29-18-10-8-16(9-11-18)14-19(23(27)28)21(26)24-2/h3-11,19H,12-14H2,1-2H3,(H,24,26)(H,27,28). The highest BCUT2D eigenvalue weighted by Gasteiger charge is 2.25. The number of hydrogen-bond donors (Lipinski definition) is 2. The number of carboxylic acid groups (broad SMARTS) is 1. The van der Waals surface area contributed by atoms with E-state index in [1.807, 2.05) is 37.3 Å². The fourth-order valence-corrected chi connectivity index (χ4v) is 3.05. The van der Waals surface area contributed by atoms with Gasteiger partial charge in [-0.05, 0) is 43.2 Å². The number of ether oxygens (including phenoxy) is 1. The number of carbonyl (C=O) groups excluding carboxylic acids is 1. The number of nitrogens with one attached hydrogen (secondary N) is 1. The molecule has 30 heavy (non-hydrogen) atoms. The van der Waals surface area contributed by atoms with E-state index in [0.717, 1.165) is 22.6 Å². The van der Waals surface area contributed by atoms with Crippen LogP contribution < -0.4 is 10.1 Å². The Hall–Kier alpha value is -3.61. The molecular weight excluding hydrogens is 384 g/mol. The van der Waals surface area contributed by atoms with Crippen LogP contribution in [0.4, 0.5) is 0 Å². The molecule has 0 radical (unpaired) electrons. The van der Waals surface area contributed by atoms with Crippen molar-refractivity contribution in [1.82, 2.24) is 10.3 Å². The van der Waals surface area contributed by atoms with Crippen LogP contribution in [0.2, 0.25) is 0 Å². The van der Waals surface area contributed by atoms with Gasteiger partial charge in [0.25, 0.3) is 0 Å². The smallest absolute Gasteiger partial charge is 0.316 e. The molecule has 7 nitrogen and oxygen atoms in total. The first-order valence-electron chi connectivity index (χ1n) is 9.65. The van der Waals surface area contributed by atoms with Gasteiger partial charge in [-0.25, -0.2) is 4.98 Å². The maximum Gasteiger partial charge on any atom is 0.316 e. The number of hydrogen-bond acceptors (Lipinski definition) is 5. The topological polar surface area (TPSA) is 102 Å². The molecule has 0 spiro atoms. The summed E-state index contributed by atoms with van der Waals surface area (Å²) in [6, 6.07) is 16.8. The first-order valence-corrected chi connectivity index (χ1v) is 9.65. The van der Waals surface area contributed by atoms with E-state index >= 15 is 0 Å². The molecule has 3 aromatic rings. The maximum absolute atomic E-state index is 11.7. The van der Waals surface area contributed by atoms with Crippen LogP contribution in [0.25, 0.3) is 11.5 Å². The number of amides is 1. The highest BCUT2D eigenvalue weighted by atomic mass is 16.5. The number of nitrogens with zero attached hydrogens (tertiary/aromatic N) is 1. The van der Waals surface area contributed by atoms with Crippen molar-refractivity contribution in [1.29, 1.82) is 0 Å². The van der Waals surface area contributed by atoms with Gasteiger partial charge < -0.3 is 19.6 Å². The molecule has 156 valence electrons. The molecule has 0 saturated carbocycles. The van der Waals surface area contributed by atoms with Crippen molar-refractivity contribution in [3.05, 3.63) is 71.6 Å². The minimum absolute atomic E-state index is 0.121. The molecule has 1 amide bonds. The molecule has 0 aliphatic carbocycles. The highest BCUT2D eigenvalue weighted by Crippen LogP contribution is 2.22. The van der Waals surface area contributed by atoms with E-state index in [9.17, 15) is 14.7 Å². The summed E-state index contributed by atoms with van der Waals surface area (Å²) in [5.41, 5.74) is 2.53. The predicted molar refractivity (Wildman–Crippen MR) is 111 cm³/mol. The molecule has 0 aliphatic rings. The molecular formula is C23H24N2O5. The zero-order valence-corrected chi connectivity index (χ0v) is 16.9. The second kappa shape index (κ2) is 9.73. The second-order valence-corrected chi connectivity index (χ2v) is 6.84. The van der Waals surface area contributed by atoms with Gasteiger partial charge in [0, 0.05) is 19.0 Å². The summed E-state index contributed by atoms with van der Waals surface area (Å²) in [4.78, 5) is 27.5. The maximum atomic E-state index is 11.7. The average Bonchev–Trinajstić information content (AvgIpc) is 3.13. The van der Waals surface area contributed by atoms with Crippen LogP contribution in [0.5, 0.6) is 5.75 Å². The summed E-state index contributed by atoms with van der Waals surface area (Å²) in [5, 5.41) is 11.6. The predicted octanol–water partition coefficient (Wildman–Crippen LogP) is 3.26. The number of aliphatic carboxylic acids is 1. The van der Waals surface area contributed by atoms with E-state index in [1.54, 1.807) is 24.3 Å². The van der Waals surface area contributed by atoms with Crippen molar-refractivity contribution in [2.45, 2.75) is 19.8 Å². The lowest BCUT2D eigenvalue weighted by atomic mass is 9.98. The Bertz CT molecular complexity index is 996. The quantitative estimate of drug-likeness (QED) is 0.527. The minimum Gasteiger partial charge on any atom is -0.493 e. The molecule has 0 bridgehead atoms. The number of rotatable bonds is 9. The Balaban J connectivity index is 1.55. The van der Waals surface area contributed by atoms with Crippen molar-refractivity contribution in [3.8, 4) is 17.2 Å². The third kappa shape index (κ3) is 5.26. The van der Waals surface area contributed by atoms with Crippen LogP contribution in [-0.4, -0.2) is 35.6 Å². The summed E-state index contributed by atoms with van der Waals surface area (Å²) in [6.45, 7) is 2.31. The van der Waals surface area contributed by atoms with Crippen LogP contribution >= 0.6 is 0 Å². The molecule has 0 saturated heterocycles. The number of oxazole rings is 1. The summed E-state index contributed by atoms with van der Waals surface area (Å²) in [6.07, 6.45) is 0.720.